The molecule has 32 heavy (non-hydrogen) atoms. The number of nitrogens with zero attached hydrogens (tertiary/aromatic N) is 2. The van der Waals surface area contributed by atoms with Crippen LogP contribution in [0.4, 0.5) is 13.2 Å². The number of amides is 2. The minimum Gasteiger partial charge on any atom is -0.350 e. The number of alkyl halides is 3. The minimum atomic E-state index is -4.45. The second-order valence-electron chi connectivity index (χ2n) is 7.41. The van der Waals surface area contributed by atoms with Gasteiger partial charge in [-0.1, -0.05) is 29.8 Å². The Morgan fingerprint density at radius 1 is 1.12 bits per heavy atom. The molecule has 0 aliphatic heterocycles. The van der Waals surface area contributed by atoms with Gasteiger partial charge in [-0.15, -0.1) is 11.3 Å². The lowest BCUT2D eigenvalue weighted by Gasteiger charge is -2.14. The Balaban J connectivity index is 1.77. The van der Waals surface area contributed by atoms with Gasteiger partial charge in [-0.05, 0) is 50.6 Å². The molecule has 2 aromatic carbocycles. The molecule has 0 saturated carbocycles. The molecule has 0 unspecified atom stereocenters. The molecule has 0 aliphatic carbocycles. The number of aromatic nitrogens is 1. The molecule has 1 aromatic heterocycles. The van der Waals surface area contributed by atoms with Crippen LogP contribution in [0.1, 0.15) is 44.9 Å². The van der Waals surface area contributed by atoms with Crippen molar-refractivity contribution in [2.75, 3.05) is 0 Å². The fourth-order valence-corrected chi connectivity index (χ4v) is 3.98. The third-order valence-corrected chi connectivity index (χ3v) is 5.69. The van der Waals surface area contributed by atoms with E-state index < -0.39 is 29.6 Å². The summed E-state index contributed by atoms with van der Waals surface area (Å²) in [6.45, 7) is 5.31. The predicted molar refractivity (Wildman–Crippen MR) is 116 cm³/mol. The number of carbonyl (C=O) groups is 2. The fraction of sp³-hybridized carbons (Fsp3) is 0.261. The summed E-state index contributed by atoms with van der Waals surface area (Å²) in [6, 6.07) is 11.2. The molecule has 1 heterocycles. The molecule has 1 atom stereocenters. The lowest BCUT2D eigenvalue weighted by molar-refractivity contribution is -0.137. The van der Waals surface area contributed by atoms with Crippen LogP contribution in [0.15, 0.2) is 59.7 Å². The first-order valence-electron chi connectivity index (χ1n) is 9.83. The Morgan fingerprint density at radius 3 is 2.53 bits per heavy atom. The standard InChI is InChI=1S/C23H22F3N3O2S/c1-14-6-4-8-18(10-14)21(31)28-22-29(13-15(2)32-22)16(3)20(30)27-12-17-7-5-9-19(11-17)23(24,25)26/h4-11,13,16H,12H2,1-3H3,(H,27,30)/t16-/m0/s1. The first kappa shape index (κ1) is 23.5. The number of halogens is 3. The smallest absolute Gasteiger partial charge is 0.350 e. The third-order valence-electron chi connectivity index (χ3n) is 4.77. The Hall–Kier alpha value is -3.20. The van der Waals surface area contributed by atoms with Crippen molar-refractivity contribution in [1.29, 1.82) is 0 Å². The Morgan fingerprint density at radius 2 is 1.84 bits per heavy atom. The van der Waals surface area contributed by atoms with E-state index in [-0.39, 0.29) is 6.54 Å². The number of thiazole rings is 1. The summed E-state index contributed by atoms with van der Waals surface area (Å²) in [4.78, 5) is 30.7. The number of carbonyl (C=O) groups excluding carboxylic acids is 2. The molecule has 0 radical (unpaired) electrons. The molecule has 9 heteroatoms. The number of hydrogen-bond donors (Lipinski definition) is 1. The van der Waals surface area contributed by atoms with E-state index in [1.165, 1.54) is 23.5 Å². The van der Waals surface area contributed by atoms with E-state index in [4.69, 9.17) is 0 Å². The van der Waals surface area contributed by atoms with Gasteiger partial charge in [-0.25, -0.2) is 0 Å². The Labute approximate surface area is 187 Å². The highest BCUT2D eigenvalue weighted by molar-refractivity contribution is 7.09. The lowest BCUT2D eigenvalue weighted by Crippen LogP contribution is -2.34. The molecule has 3 rings (SSSR count). The Bertz CT molecular complexity index is 1210. The highest BCUT2D eigenvalue weighted by atomic mass is 32.1. The van der Waals surface area contributed by atoms with E-state index in [1.54, 1.807) is 35.9 Å². The van der Waals surface area contributed by atoms with Gasteiger partial charge in [-0.2, -0.15) is 18.2 Å². The van der Waals surface area contributed by atoms with Crippen LogP contribution >= 0.6 is 11.3 Å². The van der Waals surface area contributed by atoms with Gasteiger partial charge in [0.2, 0.25) is 5.91 Å². The van der Waals surface area contributed by atoms with Crippen molar-refractivity contribution in [1.82, 2.24) is 9.88 Å². The SMILES string of the molecule is Cc1cccc(C(=O)N=c2sc(C)cn2[C@@H](C)C(=O)NCc2cccc(C(F)(F)F)c2)c1. The van der Waals surface area contributed by atoms with Gasteiger partial charge in [0, 0.05) is 23.2 Å². The molecule has 0 fully saturated rings. The second kappa shape index (κ2) is 9.52. The van der Waals surface area contributed by atoms with E-state index in [9.17, 15) is 22.8 Å². The van der Waals surface area contributed by atoms with E-state index in [1.807, 2.05) is 19.9 Å². The summed E-state index contributed by atoms with van der Waals surface area (Å²) in [6.07, 6.45) is -2.72. The molecule has 0 bridgehead atoms. The normalized spacial score (nSPS) is 13.1. The van der Waals surface area contributed by atoms with Crippen LogP contribution in [0.3, 0.4) is 0 Å². The van der Waals surface area contributed by atoms with Gasteiger partial charge in [0.05, 0.1) is 5.56 Å². The molecule has 1 N–H and O–H groups in total. The van der Waals surface area contributed by atoms with Gasteiger partial charge >= 0.3 is 6.18 Å². The number of rotatable bonds is 5. The van der Waals surface area contributed by atoms with Crippen molar-refractivity contribution >= 4 is 23.2 Å². The molecule has 0 spiro atoms. The average Bonchev–Trinajstić information content (AvgIpc) is 3.10. The average molecular weight is 462 g/mol. The molecular formula is C23H22F3N3O2S. The maximum atomic E-state index is 12.9. The molecule has 2 amide bonds. The summed E-state index contributed by atoms with van der Waals surface area (Å²) in [5.41, 5.74) is 0.954. The van der Waals surface area contributed by atoms with Gasteiger partial charge in [-0.3, -0.25) is 9.59 Å². The van der Waals surface area contributed by atoms with Crippen molar-refractivity contribution < 1.29 is 22.8 Å². The quantitative estimate of drug-likeness (QED) is 0.593. The first-order chi connectivity index (χ1) is 15.0. The van der Waals surface area contributed by atoms with E-state index in [0.717, 1.165) is 22.6 Å². The fourth-order valence-electron chi connectivity index (χ4n) is 3.08. The summed E-state index contributed by atoms with van der Waals surface area (Å²) in [5.74, 6) is -0.814. The molecule has 168 valence electrons. The zero-order valence-corrected chi connectivity index (χ0v) is 18.6. The number of aryl methyl sites for hydroxylation is 2. The van der Waals surface area contributed by atoms with Gasteiger partial charge in [0.15, 0.2) is 4.80 Å². The Kier molecular flexibility index (Phi) is 6.98. The maximum Gasteiger partial charge on any atom is 0.416 e. The van der Waals surface area contributed by atoms with Gasteiger partial charge < -0.3 is 9.88 Å². The lowest BCUT2D eigenvalue weighted by atomic mass is 10.1. The van der Waals surface area contributed by atoms with Crippen LogP contribution < -0.4 is 10.1 Å². The summed E-state index contributed by atoms with van der Waals surface area (Å²) < 4.78 is 40.2. The van der Waals surface area contributed by atoms with Gasteiger partial charge in [0.1, 0.15) is 6.04 Å². The first-order valence-corrected chi connectivity index (χ1v) is 10.6. The third kappa shape index (κ3) is 5.73. The molecule has 3 aromatic rings. The monoisotopic (exact) mass is 461 g/mol. The van der Waals surface area contributed by atoms with Crippen molar-refractivity contribution in [3.63, 3.8) is 0 Å². The van der Waals surface area contributed by atoms with Crippen LogP contribution in [0.5, 0.6) is 0 Å². The van der Waals surface area contributed by atoms with Crippen molar-refractivity contribution in [2.45, 2.75) is 39.5 Å². The van der Waals surface area contributed by atoms with Crippen LogP contribution in [-0.2, 0) is 17.5 Å². The van der Waals surface area contributed by atoms with Crippen LogP contribution in [0.2, 0.25) is 0 Å². The van der Waals surface area contributed by atoms with E-state index in [0.29, 0.717) is 15.9 Å². The number of benzene rings is 2. The summed E-state index contributed by atoms with van der Waals surface area (Å²) in [7, 11) is 0. The van der Waals surface area contributed by atoms with Gasteiger partial charge in [0.25, 0.3) is 5.91 Å². The maximum absolute atomic E-state index is 12.9. The van der Waals surface area contributed by atoms with Crippen molar-refractivity contribution in [2.24, 2.45) is 4.99 Å². The molecule has 0 saturated heterocycles. The summed E-state index contributed by atoms with van der Waals surface area (Å²) >= 11 is 1.28. The van der Waals surface area contributed by atoms with E-state index in [2.05, 4.69) is 10.3 Å². The van der Waals surface area contributed by atoms with Crippen LogP contribution in [0.25, 0.3) is 0 Å². The highest BCUT2D eigenvalue weighted by Crippen LogP contribution is 2.29. The summed E-state index contributed by atoms with van der Waals surface area (Å²) in [5, 5.41) is 2.66. The van der Waals surface area contributed by atoms with Crippen molar-refractivity contribution in [3.05, 3.63) is 86.7 Å². The van der Waals surface area contributed by atoms with E-state index >= 15 is 0 Å². The molecule has 5 nitrogen and oxygen atoms in total. The topological polar surface area (TPSA) is 63.5 Å². The van der Waals surface area contributed by atoms with Crippen LogP contribution in [0, 0.1) is 13.8 Å². The minimum absolute atomic E-state index is 0.0501. The number of nitrogens with one attached hydrogen (secondary N) is 1. The van der Waals surface area contributed by atoms with Crippen molar-refractivity contribution in [3.8, 4) is 0 Å². The highest BCUT2D eigenvalue weighted by Gasteiger charge is 2.30. The molecule has 0 aliphatic rings. The number of hydrogen-bond acceptors (Lipinski definition) is 3. The zero-order chi connectivity index (χ0) is 23.5. The van der Waals surface area contributed by atoms with Crippen LogP contribution in [-0.4, -0.2) is 16.4 Å². The predicted octanol–water partition coefficient (Wildman–Crippen LogP) is 4.80. The largest absolute Gasteiger partial charge is 0.416 e. The molecular weight excluding hydrogens is 439 g/mol. The second-order valence-corrected chi connectivity index (χ2v) is 8.62. The zero-order valence-electron chi connectivity index (χ0n) is 17.7.